The van der Waals surface area contributed by atoms with Gasteiger partial charge in [-0.05, 0) is 12.1 Å². The van der Waals surface area contributed by atoms with Gasteiger partial charge in [-0.3, -0.25) is 4.98 Å². The van der Waals surface area contributed by atoms with Crippen LogP contribution in [0.5, 0.6) is 0 Å². The first kappa shape index (κ1) is 7.20. The number of aromatic nitrogens is 1. The predicted octanol–water partition coefficient (Wildman–Crippen LogP) is 1.23. The average Bonchev–Trinajstić information content (AvgIpc) is 2.09. The van der Waals surface area contributed by atoms with Gasteiger partial charge < -0.3 is 5.41 Å². The lowest BCUT2D eigenvalue weighted by Gasteiger charge is -1.93. The summed E-state index contributed by atoms with van der Waals surface area (Å²) in [5, 5.41) is 16.9. The van der Waals surface area contributed by atoms with Crippen LogP contribution in [0.3, 0.4) is 0 Å². The Balaban J connectivity index is 3.15. The van der Waals surface area contributed by atoms with Gasteiger partial charge in [-0.15, -0.1) is 0 Å². The number of rotatable bonds is 1. The van der Waals surface area contributed by atoms with Crippen LogP contribution < -0.4 is 0 Å². The maximum Gasteiger partial charge on any atom is 0.106 e. The van der Waals surface area contributed by atoms with Crippen molar-refractivity contribution in [2.75, 3.05) is 0 Å². The van der Waals surface area contributed by atoms with Crippen molar-refractivity contribution < 1.29 is 0 Å². The third kappa shape index (κ3) is 1.51. The summed E-state index contributed by atoms with van der Waals surface area (Å²) in [6, 6.07) is 5.05. The van der Waals surface area contributed by atoms with Crippen LogP contribution in [0.1, 0.15) is 5.56 Å². The van der Waals surface area contributed by atoms with E-state index in [1.807, 2.05) is 0 Å². The number of hydrogen-bond acceptors (Lipinski definition) is 2. The van der Waals surface area contributed by atoms with E-state index in [0.29, 0.717) is 5.56 Å². The number of allylic oxidation sites excluding steroid dienone is 1. The first-order chi connectivity index (χ1) is 5.38. The Bertz CT molecular complexity index is 328. The highest BCUT2D eigenvalue weighted by Crippen LogP contribution is 2.06. The molecule has 3 heteroatoms. The second-order valence-electron chi connectivity index (χ2n) is 1.83. The van der Waals surface area contributed by atoms with Crippen LogP contribution in [0.2, 0.25) is 0 Å². The molecule has 52 valence electrons. The minimum atomic E-state index is 0.118. The normalized spacial score (nSPS) is 7.91. The molecule has 0 radical (unpaired) electrons. The van der Waals surface area contributed by atoms with Crippen molar-refractivity contribution >= 4 is 11.4 Å². The minimum Gasteiger partial charge on any atom is -0.762 e. The molecule has 3 nitrogen and oxygen atoms in total. The third-order valence-electron chi connectivity index (χ3n) is 1.19. The molecule has 0 N–H and O–H groups in total. The molecule has 0 saturated heterocycles. The Hall–Kier alpha value is -1.91. The van der Waals surface area contributed by atoms with Gasteiger partial charge in [0.05, 0.1) is 5.57 Å². The fraction of sp³-hybridized carbons (Fsp3) is 0. The van der Waals surface area contributed by atoms with Gasteiger partial charge in [0.1, 0.15) is 6.07 Å². The summed E-state index contributed by atoms with van der Waals surface area (Å²) < 4.78 is 0. The number of hydrogen-bond donors (Lipinski definition) is 0. The molecule has 0 atom stereocenters. The molecule has 0 bridgehead atoms. The van der Waals surface area contributed by atoms with E-state index in [1.165, 1.54) is 0 Å². The van der Waals surface area contributed by atoms with Crippen LogP contribution in [0.15, 0.2) is 24.5 Å². The highest BCUT2D eigenvalue weighted by Gasteiger charge is 1.93. The summed E-state index contributed by atoms with van der Waals surface area (Å²) in [6.45, 7) is 0. The van der Waals surface area contributed by atoms with E-state index >= 15 is 0 Å². The summed E-state index contributed by atoms with van der Waals surface area (Å²) in [7, 11) is 0. The Labute approximate surface area is 64.1 Å². The van der Waals surface area contributed by atoms with E-state index < -0.39 is 0 Å². The molecule has 0 aliphatic heterocycles. The third-order valence-corrected chi connectivity index (χ3v) is 1.19. The predicted molar refractivity (Wildman–Crippen MR) is 41.6 cm³/mol. The van der Waals surface area contributed by atoms with Gasteiger partial charge in [0.15, 0.2) is 0 Å². The summed E-state index contributed by atoms with van der Waals surface area (Å²) in [5.74, 6) is 1.80. The lowest BCUT2D eigenvalue weighted by Crippen LogP contribution is -1.80. The zero-order valence-electron chi connectivity index (χ0n) is 5.65. The van der Waals surface area contributed by atoms with E-state index in [1.54, 1.807) is 36.5 Å². The maximum absolute atomic E-state index is 8.45. The first-order valence-corrected chi connectivity index (χ1v) is 2.96. The van der Waals surface area contributed by atoms with Crippen LogP contribution in [-0.4, -0.2) is 10.9 Å². The molecular formula is C8H4N3-. The van der Waals surface area contributed by atoms with E-state index in [9.17, 15) is 0 Å². The van der Waals surface area contributed by atoms with Crippen molar-refractivity contribution in [3.63, 3.8) is 0 Å². The van der Waals surface area contributed by atoms with Crippen LogP contribution in [0, 0.1) is 11.3 Å². The molecule has 0 aromatic carbocycles. The van der Waals surface area contributed by atoms with Gasteiger partial charge in [-0.25, -0.2) is 5.87 Å². The van der Waals surface area contributed by atoms with Crippen molar-refractivity contribution in [1.29, 1.82) is 5.26 Å². The molecule has 0 aliphatic carbocycles. The Morgan fingerprint density at radius 2 is 2.09 bits per heavy atom. The number of nitriles is 1. The highest BCUT2D eigenvalue weighted by molar-refractivity contribution is 5.98. The molecule has 0 aliphatic rings. The van der Waals surface area contributed by atoms with Gasteiger partial charge in [0.2, 0.25) is 0 Å². The van der Waals surface area contributed by atoms with E-state index in [0.717, 1.165) is 0 Å². The zero-order chi connectivity index (χ0) is 8.10. The van der Waals surface area contributed by atoms with Crippen molar-refractivity contribution in [3.8, 4) is 6.07 Å². The average molecular weight is 142 g/mol. The van der Waals surface area contributed by atoms with Crippen LogP contribution >= 0.6 is 0 Å². The Morgan fingerprint density at radius 1 is 1.45 bits per heavy atom. The quantitative estimate of drug-likeness (QED) is 0.437. The lowest BCUT2D eigenvalue weighted by molar-refractivity contribution is 1.32. The first-order valence-electron chi connectivity index (χ1n) is 2.96. The molecule has 0 saturated carbocycles. The molecule has 0 spiro atoms. The second-order valence-corrected chi connectivity index (χ2v) is 1.83. The topological polar surface area (TPSA) is 59.0 Å². The van der Waals surface area contributed by atoms with Gasteiger partial charge >= 0.3 is 0 Å². The summed E-state index contributed by atoms with van der Waals surface area (Å²) in [4.78, 5) is 3.76. The standard InChI is InChI=1S/C8H4N3/c9-5-8(6-10)7-1-3-11-4-2-7/h1-4H/q-1. The maximum atomic E-state index is 8.45. The Morgan fingerprint density at radius 3 is 2.55 bits per heavy atom. The van der Waals surface area contributed by atoms with Crippen LogP contribution in [0.4, 0.5) is 0 Å². The van der Waals surface area contributed by atoms with Crippen LogP contribution in [-0.2, 0) is 0 Å². The molecule has 0 amide bonds. The fourth-order valence-electron chi connectivity index (χ4n) is 0.673. The highest BCUT2D eigenvalue weighted by atomic mass is 14.6. The van der Waals surface area contributed by atoms with Crippen LogP contribution in [0.25, 0.3) is 11.0 Å². The molecule has 0 fully saturated rings. The Kier molecular flexibility index (Phi) is 2.16. The summed E-state index contributed by atoms with van der Waals surface area (Å²) in [6.07, 6.45) is 3.09. The molecule has 1 aromatic rings. The SMILES string of the molecule is N#CC(=C=[N-])c1ccncc1. The molecule has 11 heavy (non-hydrogen) atoms. The van der Waals surface area contributed by atoms with E-state index in [-0.39, 0.29) is 5.57 Å². The van der Waals surface area contributed by atoms with Crippen molar-refractivity contribution in [2.45, 2.75) is 0 Å². The van der Waals surface area contributed by atoms with E-state index in [2.05, 4.69) is 4.98 Å². The van der Waals surface area contributed by atoms with Gasteiger partial charge in [-0.1, -0.05) is 0 Å². The van der Waals surface area contributed by atoms with Gasteiger partial charge in [0.25, 0.3) is 0 Å². The molecule has 0 unspecified atom stereocenters. The smallest absolute Gasteiger partial charge is 0.106 e. The molecule has 1 aromatic heterocycles. The number of nitrogens with zero attached hydrogens (tertiary/aromatic N) is 3. The minimum absolute atomic E-state index is 0.118. The van der Waals surface area contributed by atoms with Crippen molar-refractivity contribution in [1.82, 2.24) is 4.98 Å². The largest absolute Gasteiger partial charge is 0.762 e. The number of pyridine rings is 1. The zero-order valence-corrected chi connectivity index (χ0v) is 5.65. The summed E-state index contributed by atoms with van der Waals surface area (Å²) >= 11 is 0. The summed E-state index contributed by atoms with van der Waals surface area (Å²) in [5.41, 5.74) is 0.734. The van der Waals surface area contributed by atoms with Crippen molar-refractivity contribution in [2.24, 2.45) is 0 Å². The fourth-order valence-corrected chi connectivity index (χ4v) is 0.673. The van der Waals surface area contributed by atoms with E-state index in [4.69, 9.17) is 10.7 Å². The second kappa shape index (κ2) is 3.31. The lowest BCUT2D eigenvalue weighted by atomic mass is 10.1. The molecule has 1 heterocycles. The van der Waals surface area contributed by atoms with Gasteiger partial charge in [-0.2, -0.15) is 5.26 Å². The monoisotopic (exact) mass is 142 g/mol. The molecular weight excluding hydrogens is 138 g/mol. The molecule has 1 rings (SSSR count). The van der Waals surface area contributed by atoms with Crippen molar-refractivity contribution in [3.05, 3.63) is 35.5 Å². The van der Waals surface area contributed by atoms with Gasteiger partial charge in [0, 0.05) is 18.0 Å².